The van der Waals surface area contributed by atoms with Crippen LogP contribution in [0.3, 0.4) is 0 Å². The molecule has 6 rings (SSSR count). The van der Waals surface area contributed by atoms with E-state index in [0.29, 0.717) is 34.3 Å². The highest BCUT2D eigenvalue weighted by Crippen LogP contribution is 2.23. The van der Waals surface area contributed by atoms with Gasteiger partial charge in [0.25, 0.3) is 5.56 Å². The Labute approximate surface area is 212 Å². The number of fused-ring (bicyclic) bond motifs is 2. The second-order valence-corrected chi connectivity index (χ2v) is 9.08. The molecule has 5 heterocycles. The van der Waals surface area contributed by atoms with Gasteiger partial charge in [-0.05, 0) is 38.1 Å². The van der Waals surface area contributed by atoms with E-state index in [-0.39, 0.29) is 18.2 Å². The molecule has 188 valence electrons. The molecule has 1 aliphatic rings. The summed E-state index contributed by atoms with van der Waals surface area (Å²) in [4.78, 5) is 29.3. The molecule has 11 heteroatoms. The van der Waals surface area contributed by atoms with Gasteiger partial charge in [0.2, 0.25) is 11.8 Å². The number of hydrogen-bond donors (Lipinski definition) is 1. The lowest BCUT2D eigenvalue weighted by molar-refractivity contribution is 0.110. The average molecular weight is 499 g/mol. The van der Waals surface area contributed by atoms with Crippen molar-refractivity contribution in [3.8, 4) is 11.7 Å². The quantitative estimate of drug-likeness (QED) is 0.336. The number of ether oxygens (including phenoxy) is 1. The lowest BCUT2D eigenvalue weighted by Gasteiger charge is -2.29. The Balaban J connectivity index is 1.38. The molecule has 11 nitrogen and oxygen atoms in total. The van der Waals surface area contributed by atoms with Crippen molar-refractivity contribution >= 4 is 33.6 Å². The Kier molecular flexibility index (Phi) is 5.89. The third-order valence-electron chi connectivity index (χ3n) is 6.47. The summed E-state index contributed by atoms with van der Waals surface area (Å²) in [5.41, 5.74) is 1.57. The number of nitrogens with one attached hydrogen (secondary N) is 1. The van der Waals surface area contributed by atoms with Gasteiger partial charge < -0.3 is 19.5 Å². The molecule has 1 saturated heterocycles. The molecule has 4 aromatic heterocycles. The first kappa shape index (κ1) is 22.9. The van der Waals surface area contributed by atoms with Crippen LogP contribution < -0.4 is 15.6 Å². The van der Waals surface area contributed by atoms with Crippen molar-refractivity contribution in [1.82, 2.24) is 34.4 Å². The van der Waals surface area contributed by atoms with Gasteiger partial charge in [0.05, 0.1) is 12.7 Å². The van der Waals surface area contributed by atoms with Crippen LogP contribution in [0.1, 0.15) is 12.8 Å². The van der Waals surface area contributed by atoms with E-state index in [0.717, 1.165) is 37.0 Å². The lowest BCUT2D eigenvalue weighted by atomic mass is 10.1. The highest BCUT2D eigenvalue weighted by Gasteiger charge is 2.21. The highest BCUT2D eigenvalue weighted by atomic mass is 16.5. The molecule has 0 radical (unpaired) electrons. The summed E-state index contributed by atoms with van der Waals surface area (Å²) in [5, 5.41) is 8.26. The second-order valence-electron chi connectivity index (χ2n) is 9.08. The highest BCUT2D eigenvalue weighted by molar-refractivity contribution is 5.81. The topological polar surface area (TPSA) is 116 Å². The maximum atomic E-state index is 13.2. The van der Waals surface area contributed by atoms with Crippen molar-refractivity contribution < 1.29 is 9.26 Å². The van der Waals surface area contributed by atoms with E-state index in [1.165, 1.54) is 6.20 Å². The van der Waals surface area contributed by atoms with E-state index >= 15 is 0 Å². The van der Waals surface area contributed by atoms with Crippen molar-refractivity contribution in [2.45, 2.75) is 25.5 Å². The normalized spacial score (nSPS) is 14.8. The molecule has 1 fully saturated rings. The number of likely N-dealkylation sites (tertiary alicyclic amines) is 1. The first-order chi connectivity index (χ1) is 18.1. The Morgan fingerprint density at radius 2 is 2.05 bits per heavy atom. The van der Waals surface area contributed by atoms with Crippen LogP contribution in [0, 0.1) is 0 Å². The predicted molar refractivity (Wildman–Crippen MR) is 140 cm³/mol. The van der Waals surface area contributed by atoms with Crippen LogP contribution in [0.4, 0.5) is 11.6 Å². The lowest BCUT2D eigenvalue weighted by Crippen LogP contribution is -2.35. The molecule has 1 N–H and O–H groups in total. The van der Waals surface area contributed by atoms with Crippen LogP contribution in [0.5, 0.6) is 5.88 Å². The van der Waals surface area contributed by atoms with E-state index in [2.05, 4.69) is 39.0 Å². The summed E-state index contributed by atoms with van der Waals surface area (Å²) in [6, 6.07) is 11.1. The Morgan fingerprint density at radius 1 is 1.19 bits per heavy atom. The average Bonchev–Trinajstić information content (AvgIpc) is 3.48. The van der Waals surface area contributed by atoms with Crippen molar-refractivity contribution in [2.75, 3.05) is 25.5 Å². The van der Waals surface area contributed by atoms with E-state index in [1.807, 2.05) is 36.4 Å². The van der Waals surface area contributed by atoms with Gasteiger partial charge in [0, 0.05) is 42.5 Å². The fourth-order valence-corrected chi connectivity index (χ4v) is 4.54. The molecule has 0 amide bonds. The van der Waals surface area contributed by atoms with Gasteiger partial charge in [-0.2, -0.15) is 9.97 Å². The fraction of sp³-hybridized carbons (Fsp3) is 0.269. The number of nitrogens with zero attached hydrogens (tertiary/aromatic N) is 7. The van der Waals surface area contributed by atoms with Crippen LogP contribution in [0.2, 0.25) is 0 Å². The molecule has 0 aliphatic carbocycles. The van der Waals surface area contributed by atoms with E-state index in [9.17, 15) is 4.79 Å². The first-order valence-electron chi connectivity index (χ1n) is 12.1. The maximum absolute atomic E-state index is 13.2. The fourth-order valence-electron chi connectivity index (χ4n) is 4.54. The zero-order valence-electron chi connectivity index (χ0n) is 20.4. The van der Waals surface area contributed by atoms with E-state index in [1.54, 1.807) is 21.6 Å². The summed E-state index contributed by atoms with van der Waals surface area (Å²) < 4.78 is 14.7. The minimum absolute atomic E-state index is 0.107. The standard InChI is InChI=1S/C26H26N8O3/c1-3-11-33-25(35)20-16-27-26(29-18-8-7-17-15-28-37-21(17)14-18)31-24(20)34(33)22-5-4-6-23(30-22)36-19-9-12-32(2)13-10-19/h3-8,14-16,19H,1,9-13H2,2H3,(H,27,29,31). The minimum atomic E-state index is -0.229. The Hall–Kier alpha value is -4.51. The van der Waals surface area contributed by atoms with Gasteiger partial charge in [-0.15, -0.1) is 6.58 Å². The van der Waals surface area contributed by atoms with Crippen LogP contribution in [-0.4, -0.2) is 60.6 Å². The Bertz CT molecular complexity index is 1640. The van der Waals surface area contributed by atoms with Crippen LogP contribution >= 0.6 is 0 Å². The SMILES string of the molecule is C=CCn1c(=O)c2cnc(Nc3ccc4cnoc4c3)nc2n1-c1cccc(OC2CCN(C)CC2)n1. The predicted octanol–water partition coefficient (Wildman–Crippen LogP) is 3.52. The number of piperidine rings is 1. The number of benzene rings is 1. The molecular formula is C26H26N8O3. The number of anilines is 2. The van der Waals surface area contributed by atoms with Crippen LogP contribution in [0.25, 0.3) is 27.8 Å². The van der Waals surface area contributed by atoms with Crippen molar-refractivity contribution in [3.05, 3.63) is 71.8 Å². The Morgan fingerprint density at radius 3 is 2.89 bits per heavy atom. The number of pyridine rings is 1. The molecule has 0 saturated carbocycles. The molecule has 1 aromatic carbocycles. The minimum Gasteiger partial charge on any atom is -0.474 e. The first-order valence-corrected chi connectivity index (χ1v) is 12.1. The van der Waals surface area contributed by atoms with Crippen LogP contribution in [-0.2, 0) is 6.54 Å². The van der Waals surface area contributed by atoms with Gasteiger partial charge in [-0.3, -0.25) is 4.79 Å². The largest absolute Gasteiger partial charge is 0.474 e. The molecular weight excluding hydrogens is 472 g/mol. The van der Waals surface area contributed by atoms with Crippen molar-refractivity contribution in [2.24, 2.45) is 0 Å². The molecule has 0 bridgehead atoms. The number of allylic oxidation sites excluding steroid dienone is 1. The summed E-state index contributed by atoms with van der Waals surface area (Å²) in [5.74, 6) is 1.36. The maximum Gasteiger partial charge on any atom is 0.278 e. The third kappa shape index (κ3) is 4.45. The van der Waals surface area contributed by atoms with Gasteiger partial charge in [0.15, 0.2) is 17.0 Å². The van der Waals surface area contributed by atoms with Gasteiger partial charge >= 0.3 is 0 Å². The third-order valence-corrected chi connectivity index (χ3v) is 6.47. The van der Waals surface area contributed by atoms with Crippen molar-refractivity contribution in [3.63, 3.8) is 0 Å². The zero-order chi connectivity index (χ0) is 25.4. The van der Waals surface area contributed by atoms with E-state index < -0.39 is 0 Å². The van der Waals surface area contributed by atoms with Crippen LogP contribution in [0.15, 0.2) is 70.8 Å². The van der Waals surface area contributed by atoms with Gasteiger partial charge in [0.1, 0.15) is 11.5 Å². The molecule has 0 spiro atoms. The smallest absolute Gasteiger partial charge is 0.278 e. The molecule has 37 heavy (non-hydrogen) atoms. The summed E-state index contributed by atoms with van der Waals surface area (Å²) in [7, 11) is 2.11. The van der Waals surface area contributed by atoms with Crippen molar-refractivity contribution in [1.29, 1.82) is 0 Å². The number of aromatic nitrogens is 6. The molecule has 0 unspecified atom stereocenters. The van der Waals surface area contributed by atoms with E-state index in [4.69, 9.17) is 14.2 Å². The summed E-state index contributed by atoms with van der Waals surface area (Å²) >= 11 is 0. The second kappa shape index (κ2) is 9.51. The number of hydrogen-bond acceptors (Lipinski definition) is 9. The van der Waals surface area contributed by atoms with Gasteiger partial charge in [-0.1, -0.05) is 17.3 Å². The van der Waals surface area contributed by atoms with Gasteiger partial charge in [-0.25, -0.2) is 14.3 Å². The summed E-state index contributed by atoms with van der Waals surface area (Å²) in [6.45, 7) is 6.07. The molecule has 0 atom stereocenters. The monoisotopic (exact) mass is 498 g/mol. The number of rotatable bonds is 7. The molecule has 5 aromatic rings. The molecule has 1 aliphatic heterocycles. The zero-order valence-corrected chi connectivity index (χ0v) is 20.4. The summed E-state index contributed by atoms with van der Waals surface area (Å²) in [6.07, 6.45) is 6.83.